The van der Waals surface area contributed by atoms with Gasteiger partial charge < -0.3 is 25.3 Å². The maximum Gasteiger partial charge on any atom is 0.321 e. The van der Waals surface area contributed by atoms with E-state index in [1.165, 1.54) is 0 Å². The van der Waals surface area contributed by atoms with Crippen molar-refractivity contribution in [1.29, 1.82) is 0 Å². The fourth-order valence-electron chi connectivity index (χ4n) is 3.05. The Morgan fingerprint density at radius 3 is 2.81 bits per heavy atom. The first kappa shape index (κ1) is 16.2. The highest BCUT2D eigenvalue weighted by molar-refractivity contribution is 5.90. The highest BCUT2D eigenvalue weighted by Crippen LogP contribution is 2.25. The number of carbonyl (C=O) groups excluding carboxylic acids is 1. The van der Waals surface area contributed by atoms with Gasteiger partial charge in [-0.05, 0) is 37.1 Å². The maximum absolute atomic E-state index is 12.2. The molecule has 1 aliphatic heterocycles. The molecular formula is C18H20N6O2. The first-order valence-corrected chi connectivity index (χ1v) is 8.55. The second-order valence-corrected chi connectivity index (χ2v) is 6.13. The molecule has 0 unspecified atom stereocenters. The van der Waals surface area contributed by atoms with Crippen LogP contribution in [0.15, 0.2) is 36.5 Å². The molecule has 1 aliphatic rings. The number of anilines is 3. The molecule has 0 radical (unpaired) electrons. The quantitative estimate of drug-likeness (QED) is 0.669. The van der Waals surface area contributed by atoms with Gasteiger partial charge in [-0.25, -0.2) is 4.79 Å². The number of nitrogens with one attached hydrogen (secondary N) is 3. The lowest BCUT2D eigenvalue weighted by Crippen LogP contribution is -2.32. The smallest absolute Gasteiger partial charge is 0.321 e. The van der Waals surface area contributed by atoms with Crippen LogP contribution in [0, 0.1) is 0 Å². The van der Waals surface area contributed by atoms with Gasteiger partial charge in [0, 0.05) is 30.7 Å². The number of ether oxygens (including phenoxy) is 1. The molecule has 3 aromatic rings. The monoisotopic (exact) mass is 352 g/mol. The van der Waals surface area contributed by atoms with E-state index in [4.69, 9.17) is 4.74 Å². The molecule has 1 fully saturated rings. The van der Waals surface area contributed by atoms with Crippen molar-refractivity contribution in [1.82, 2.24) is 19.9 Å². The summed E-state index contributed by atoms with van der Waals surface area (Å²) in [6, 6.07) is 9.27. The van der Waals surface area contributed by atoms with Gasteiger partial charge >= 0.3 is 6.03 Å². The number of fused-ring (bicyclic) bond motifs is 1. The summed E-state index contributed by atoms with van der Waals surface area (Å²) >= 11 is 0. The Morgan fingerprint density at radius 1 is 1.19 bits per heavy atom. The van der Waals surface area contributed by atoms with Crippen LogP contribution in [0.25, 0.3) is 11.0 Å². The predicted molar refractivity (Wildman–Crippen MR) is 100.0 cm³/mol. The molecule has 26 heavy (non-hydrogen) atoms. The van der Waals surface area contributed by atoms with Crippen molar-refractivity contribution in [2.45, 2.75) is 12.8 Å². The van der Waals surface area contributed by atoms with Crippen LogP contribution in [0.2, 0.25) is 0 Å². The van der Waals surface area contributed by atoms with Crippen molar-refractivity contribution in [3.05, 3.63) is 36.5 Å². The number of aromatic amines is 1. The third-order valence-electron chi connectivity index (χ3n) is 4.34. The molecular weight excluding hydrogens is 332 g/mol. The Bertz CT molecular complexity index is 932. The standard InChI is InChI=1S/C18H20N6O2/c1-26-16-14-7-8-19-15(14)22-17(23-16)20-12-5-4-6-13(11-12)21-18(25)24-9-2-3-10-24/h4-8,11H,2-3,9-10H2,1H3,(H,21,25)(H2,19,20,22,23). The molecule has 0 atom stereocenters. The number of carbonyl (C=O) groups is 1. The van der Waals surface area contributed by atoms with Crippen molar-refractivity contribution in [3.63, 3.8) is 0 Å². The average molecular weight is 352 g/mol. The summed E-state index contributed by atoms with van der Waals surface area (Å²) in [5.41, 5.74) is 2.19. The van der Waals surface area contributed by atoms with Crippen LogP contribution in [-0.4, -0.2) is 46.1 Å². The van der Waals surface area contributed by atoms with Gasteiger partial charge in [0.15, 0.2) is 0 Å². The predicted octanol–water partition coefficient (Wildman–Crippen LogP) is 3.34. The Balaban J connectivity index is 1.52. The number of amides is 2. The molecule has 0 bridgehead atoms. The summed E-state index contributed by atoms with van der Waals surface area (Å²) in [7, 11) is 1.58. The zero-order valence-electron chi connectivity index (χ0n) is 14.5. The van der Waals surface area contributed by atoms with Crippen LogP contribution in [0.4, 0.5) is 22.1 Å². The molecule has 0 spiro atoms. The van der Waals surface area contributed by atoms with Gasteiger partial charge in [0.1, 0.15) is 5.65 Å². The molecule has 4 rings (SSSR count). The van der Waals surface area contributed by atoms with E-state index >= 15 is 0 Å². The van der Waals surface area contributed by atoms with E-state index in [2.05, 4.69) is 25.6 Å². The molecule has 8 nitrogen and oxygen atoms in total. The number of rotatable bonds is 4. The molecule has 1 aromatic carbocycles. The van der Waals surface area contributed by atoms with E-state index in [1.807, 2.05) is 35.2 Å². The minimum absolute atomic E-state index is 0.0645. The van der Waals surface area contributed by atoms with E-state index < -0.39 is 0 Å². The highest BCUT2D eigenvalue weighted by Gasteiger charge is 2.17. The topological polar surface area (TPSA) is 95.2 Å². The number of aromatic nitrogens is 3. The molecule has 8 heteroatoms. The van der Waals surface area contributed by atoms with Crippen molar-refractivity contribution in [2.24, 2.45) is 0 Å². The molecule has 0 aliphatic carbocycles. The fraction of sp³-hybridized carbons (Fsp3) is 0.278. The molecule has 2 aromatic heterocycles. The average Bonchev–Trinajstić information content (AvgIpc) is 3.33. The van der Waals surface area contributed by atoms with Gasteiger partial charge in [0.05, 0.1) is 12.5 Å². The van der Waals surface area contributed by atoms with Gasteiger partial charge in [-0.2, -0.15) is 9.97 Å². The summed E-state index contributed by atoms with van der Waals surface area (Å²) in [6.07, 6.45) is 3.92. The van der Waals surface area contributed by atoms with E-state index in [0.717, 1.165) is 42.7 Å². The summed E-state index contributed by atoms with van der Waals surface area (Å²) in [4.78, 5) is 25.9. The van der Waals surface area contributed by atoms with E-state index in [9.17, 15) is 4.79 Å². The number of benzene rings is 1. The van der Waals surface area contributed by atoms with Gasteiger partial charge in [-0.15, -0.1) is 0 Å². The number of hydrogen-bond acceptors (Lipinski definition) is 5. The number of H-pyrrole nitrogens is 1. The Labute approximate surface area is 150 Å². The number of urea groups is 1. The normalized spacial score (nSPS) is 13.8. The van der Waals surface area contributed by atoms with Crippen molar-refractivity contribution in [3.8, 4) is 5.88 Å². The zero-order chi connectivity index (χ0) is 17.9. The Kier molecular flexibility index (Phi) is 4.30. The van der Waals surface area contributed by atoms with E-state index in [0.29, 0.717) is 17.5 Å². The first-order chi connectivity index (χ1) is 12.7. The van der Waals surface area contributed by atoms with Crippen LogP contribution in [0.3, 0.4) is 0 Å². The number of nitrogens with zero attached hydrogens (tertiary/aromatic N) is 3. The number of methoxy groups -OCH3 is 1. The van der Waals surface area contributed by atoms with E-state index in [-0.39, 0.29) is 6.03 Å². The van der Waals surface area contributed by atoms with Crippen LogP contribution >= 0.6 is 0 Å². The largest absolute Gasteiger partial charge is 0.480 e. The Hall–Kier alpha value is -3.29. The molecule has 134 valence electrons. The highest BCUT2D eigenvalue weighted by atomic mass is 16.5. The molecule has 3 N–H and O–H groups in total. The zero-order valence-corrected chi connectivity index (χ0v) is 14.5. The third kappa shape index (κ3) is 3.26. The van der Waals surface area contributed by atoms with Gasteiger partial charge in [-0.3, -0.25) is 0 Å². The SMILES string of the molecule is COc1nc(Nc2cccc(NC(=O)N3CCCC3)c2)nc2[nH]ccc12. The van der Waals surface area contributed by atoms with Gasteiger partial charge in [0.25, 0.3) is 0 Å². The molecule has 3 heterocycles. The minimum atomic E-state index is -0.0645. The van der Waals surface area contributed by atoms with Crippen molar-refractivity contribution >= 4 is 34.4 Å². The summed E-state index contributed by atoms with van der Waals surface area (Å²) in [5, 5.41) is 6.91. The number of hydrogen-bond donors (Lipinski definition) is 3. The second-order valence-electron chi connectivity index (χ2n) is 6.13. The summed E-state index contributed by atoms with van der Waals surface area (Å²) in [6.45, 7) is 1.63. The minimum Gasteiger partial charge on any atom is -0.480 e. The second kappa shape index (κ2) is 6.91. The molecule has 0 saturated carbocycles. The van der Waals surface area contributed by atoms with Crippen LogP contribution < -0.4 is 15.4 Å². The van der Waals surface area contributed by atoms with Crippen molar-refractivity contribution in [2.75, 3.05) is 30.8 Å². The van der Waals surface area contributed by atoms with Crippen LogP contribution in [0.1, 0.15) is 12.8 Å². The first-order valence-electron chi connectivity index (χ1n) is 8.55. The lowest BCUT2D eigenvalue weighted by Gasteiger charge is -2.16. The van der Waals surface area contributed by atoms with Gasteiger partial charge in [-0.1, -0.05) is 6.07 Å². The van der Waals surface area contributed by atoms with Gasteiger partial charge in [0.2, 0.25) is 11.8 Å². The summed E-state index contributed by atoms with van der Waals surface area (Å²) in [5.74, 6) is 0.914. The number of likely N-dealkylation sites (tertiary alicyclic amines) is 1. The fourth-order valence-corrected chi connectivity index (χ4v) is 3.05. The third-order valence-corrected chi connectivity index (χ3v) is 4.34. The van der Waals surface area contributed by atoms with Crippen molar-refractivity contribution < 1.29 is 9.53 Å². The van der Waals surface area contributed by atoms with E-state index in [1.54, 1.807) is 13.3 Å². The maximum atomic E-state index is 12.2. The molecule has 1 saturated heterocycles. The molecule has 2 amide bonds. The lowest BCUT2D eigenvalue weighted by molar-refractivity contribution is 0.222. The lowest BCUT2D eigenvalue weighted by atomic mass is 10.3. The Morgan fingerprint density at radius 2 is 2.00 bits per heavy atom. The van der Waals surface area contributed by atoms with Crippen LogP contribution in [0.5, 0.6) is 5.88 Å². The van der Waals surface area contributed by atoms with Crippen LogP contribution in [-0.2, 0) is 0 Å². The summed E-state index contributed by atoms with van der Waals surface area (Å²) < 4.78 is 5.32.